The Balaban J connectivity index is 2.05. The Morgan fingerprint density at radius 1 is 1.25 bits per heavy atom. The molecule has 0 radical (unpaired) electrons. The number of ether oxygens (including phenoxy) is 1. The molecule has 0 bridgehead atoms. The van der Waals surface area contributed by atoms with Gasteiger partial charge in [0.2, 0.25) is 0 Å². The third kappa shape index (κ3) is 3.08. The summed E-state index contributed by atoms with van der Waals surface area (Å²) in [7, 11) is 1.31. The molecule has 3 rings (SSSR count). The third-order valence-electron chi connectivity index (χ3n) is 3.88. The zero-order valence-electron chi connectivity index (χ0n) is 13.5. The predicted molar refractivity (Wildman–Crippen MR) is 89.2 cm³/mol. The lowest BCUT2D eigenvalue weighted by atomic mass is 10.2. The summed E-state index contributed by atoms with van der Waals surface area (Å²) in [6, 6.07) is 13.9. The fourth-order valence-electron chi connectivity index (χ4n) is 2.69. The lowest BCUT2D eigenvalue weighted by molar-refractivity contribution is 0.167. The molecule has 1 heterocycles. The number of fused-ring (bicyclic) bond motifs is 1. The molecule has 1 aromatic heterocycles. The summed E-state index contributed by atoms with van der Waals surface area (Å²) in [6.45, 7) is 2.14. The van der Waals surface area contributed by atoms with Crippen molar-refractivity contribution in [1.82, 2.24) is 14.9 Å². The van der Waals surface area contributed by atoms with E-state index in [1.54, 1.807) is 18.2 Å². The largest absolute Gasteiger partial charge is 0.453 e. The van der Waals surface area contributed by atoms with Crippen LogP contribution >= 0.6 is 0 Å². The Hall–Kier alpha value is -2.89. The van der Waals surface area contributed by atoms with E-state index in [1.165, 1.54) is 13.2 Å². The van der Waals surface area contributed by atoms with Crippen molar-refractivity contribution < 1.29 is 13.9 Å². The van der Waals surface area contributed by atoms with Gasteiger partial charge in [0.25, 0.3) is 0 Å². The van der Waals surface area contributed by atoms with Gasteiger partial charge in [0.15, 0.2) is 0 Å². The Bertz CT molecular complexity index is 876. The summed E-state index contributed by atoms with van der Waals surface area (Å²) >= 11 is 0. The van der Waals surface area contributed by atoms with Crippen LogP contribution in [-0.4, -0.2) is 22.8 Å². The molecule has 0 aliphatic heterocycles. The Labute approximate surface area is 139 Å². The first-order chi connectivity index (χ1) is 11.6. The molecule has 0 spiro atoms. The smallest absolute Gasteiger partial charge is 0.407 e. The normalized spacial score (nSPS) is 12.1. The summed E-state index contributed by atoms with van der Waals surface area (Å²) in [5.41, 5.74) is 2.24. The molecular formula is C18H18FN3O2. The predicted octanol–water partition coefficient (Wildman–Crippen LogP) is 3.64. The van der Waals surface area contributed by atoms with E-state index in [0.29, 0.717) is 17.9 Å². The first-order valence-corrected chi connectivity index (χ1v) is 7.63. The van der Waals surface area contributed by atoms with Gasteiger partial charge < -0.3 is 14.6 Å². The average Bonchev–Trinajstić information content (AvgIpc) is 2.95. The van der Waals surface area contributed by atoms with Gasteiger partial charge in [0.05, 0.1) is 30.7 Å². The summed E-state index contributed by atoms with van der Waals surface area (Å²) in [5.74, 6) is 0.375. The number of benzene rings is 2. The molecule has 1 N–H and O–H groups in total. The number of carbonyl (C=O) groups excluding carboxylic acids is 1. The second kappa shape index (κ2) is 6.70. The highest BCUT2D eigenvalue weighted by Crippen LogP contribution is 2.23. The van der Waals surface area contributed by atoms with Crippen LogP contribution in [0.5, 0.6) is 0 Å². The topological polar surface area (TPSA) is 56.1 Å². The molecule has 124 valence electrons. The van der Waals surface area contributed by atoms with Crippen molar-refractivity contribution in [2.24, 2.45) is 0 Å². The Morgan fingerprint density at radius 2 is 1.96 bits per heavy atom. The fourth-order valence-corrected chi connectivity index (χ4v) is 2.69. The molecule has 5 nitrogen and oxygen atoms in total. The fraction of sp³-hybridized carbons (Fsp3) is 0.222. The maximum absolute atomic E-state index is 14.1. The van der Waals surface area contributed by atoms with Gasteiger partial charge in [-0.15, -0.1) is 0 Å². The zero-order valence-corrected chi connectivity index (χ0v) is 13.5. The van der Waals surface area contributed by atoms with E-state index in [0.717, 1.165) is 11.0 Å². The Morgan fingerprint density at radius 3 is 2.71 bits per heavy atom. The highest BCUT2D eigenvalue weighted by Gasteiger charge is 2.19. The van der Waals surface area contributed by atoms with Crippen LogP contribution in [0, 0.1) is 5.82 Å². The van der Waals surface area contributed by atoms with Gasteiger partial charge in [-0.1, -0.05) is 30.3 Å². The van der Waals surface area contributed by atoms with Crippen molar-refractivity contribution >= 4 is 17.1 Å². The van der Waals surface area contributed by atoms with E-state index in [-0.39, 0.29) is 11.9 Å². The van der Waals surface area contributed by atoms with Crippen LogP contribution in [0.4, 0.5) is 9.18 Å². The number of rotatable bonds is 4. The average molecular weight is 327 g/mol. The molecule has 1 amide bonds. The quantitative estimate of drug-likeness (QED) is 0.796. The van der Waals surface area contributed by atoms with Crippen molar-refractivity contribution in [3.8, 4) is 0 Å². The van der Waals surface area contributed by atoms with Crippen LogP contribution in [0.25, 0.3) is 11.0 Å². The Kier molecular flexibility index (Phi) is 4.46. The molecule has 0 saturated carbocycles. The maximum Gasteiger partial charge on any atom is 0.407 e. The number of aromatic nitrogens is 2. The van der Waals surface area contributed by atoms with Gasteiger partial charge in [0.1, 0.15) is 11.6 Å². The number of hydrogen-bond donors (Lipinski definition) is 1. The summed E-state index contributed by atoms with van der Waals surface area (Å²) in [6.07, 6.45) is -0.535. The van der Waals surface area contributed by atoms with Crippen LogP contribution in [0.3, 0.4) is 0 Å². The number of amides is 1. The number of imidazole rings is 1. The van der Waals surface area contributed by atoms with Crippen molar-refractivity contribution in [2.45, 2.75) is 19.5 Å². The van der Waals surface area contributed by atoms with E-state index in [4.69, 9.17) is 0 Å². The third-order valence-corrected chi connectivity index (χ3v) is 3.88. The molecule has 3 aromatic rings. The molecule has 1 atom stereocenters. The van der Waals surface area contributed by atoms with Crippen LogP contribution in [-0.2, 0) is 11.3 Å². The van der Waals surface area contributed by atoms with E-state index in [9.17, 15) is 9.18 Å². The number of carbonyl (C=O) groups is 1. The number of para-hydroxylation sites is 2. The summed E-state index contributed by atoms with van der Waals surface area (Å²) in [5, 5.41) is 2.71. The molecule has 0 unspecified atom stereocenters. The molecule has 2 aromatic carbocycles. The monoisotopic (exact) mass is 327 g/mol. The van der Waals surface area contributed by atoms with E-state index in [1.807, 2.05) is 35.8 Å². The standard InChI is InChI=1S/C18H18FN3O2/c1-12(20-18(23)24-2)17-21-15-9-5-6-10-16(15)22(17)11-13-7-3-4-8-14(13)19/h3-10,12H,11H2,1-2H3,(H,20,23)/t12-/m1/s1. The molecule has 0 aliphatic carbocycles. The van der Waals surface area contributed by atoms with Crippen molar-refractivity contribution in [3.05, 3.63) is 65.7 Å². The van der Waals surface area contributed by atoms with Gasteiger partial charge in [-0.25, -0.2) is 14.2 Å². The van der Waals surface area contributed by atoms with E-state index < -0.39 is 6.09 Å². The van der Waals surface area contributed by atoms with Crippen molar-refractivity contribution in [2.75, 3.05) is 7.11 Å². The lowest BCUT2D eigenvalue weighted by Crippen LogP contribution is -2.28. The molecule has 24 heavy (non-hydrogen) atoms. The van der Waals surface area contributed by atoms with Crippen LogP contribution in [0.15, 0.2) is 48.5 Å². The lowest BCUT2D eigenvalue weighted by Gasteiger charge is -2.16. The van der Waals surface area contributed by atoms with E-state index in [2.05, 4.69) is 15.0 Å². The highest BCUT2D eigenvalue weighted by molar-refractivity contribution is 5.76. The van der Waals surface area contributed by atoms with Gasteiger partial charge in [-0.05, 0) is 25.1 Å². The number of alkyl carbamates (subject to hydrolysis) is 1. The molecular weight excluding hydrogens is 309 g/mol. The van der Waals surface area contributed by atoms with Crippen molar-refractivity contribution in [3.63, 3.8) is 0 Å². The molecule has 0 fully saturated rings. The van der Waals surface area contributed by atoms with Gasteiger partial charge in [-0.2, -0.15) is 0 Å². The minimum absolute atomic E-state index is 0.269. The van der Waals surface area contributed by atoms with Crippen LogP contribution in [0.2, 0.25) is 0 Å². The molecule has 0 saturated heterocycles. The second-order valence-corrected chi connectivity index (χ2v) is 5.49. The first-order valence-electron chi connectivity index (χ1n) is 7.63. The SMILES string of the molecule is COC(=O)N[C@H](C)c1nc2ccccc2n1Cc1ccccc1F. The van der Waals surface area contributed by atoms with Crippen LogP contribution in [0.1, 0.15) is 24.4 Å². The van der Waals surface area contributed by atoms with Gasteiger partial charge in [0, 0.05) is 5.56 Å². The highest BCUT2D eigenvalue weighted by atomic mass is 19.1. The molecule has 0 aliphatic rings. The first kappa shape index (κ1) is 16.0. The minimum atomic E-state index is -0.535. The number of nitrogens with one attached hydrogen (secondary N) is 1. The zero-order chi connectivity index (χ0) is 17.1. The molecule has 6 heteroatoms. The second-order valence-electron chi connectivity index (χ2n) is 5.49. The van der Waals surface area contributed by atoms with Crippen LogP contribution < -0.4 is 5.32 Å². The number of hydrogen-bond acceptors (Lipinski definition) is 3. The van der Waals surface area contributed by atoms with Gasteiger partial charge in [-0.3, -0.25) is 0 Å². The number of nitrogens with zero attached hydrogens (tertiary/aromatic N) is 2. The van der Waals surface area contributed by atoms with E-state index >= 15 is 0 Å². The maximum atomic E-state index is 14.1. The van der Waals surface area contributed by atoms with Crippen molar-refractivity contribution in [1.29, 1.82) is 0 Å². The number of halogens is 1. The van der Waals surface area contributed by atoms with Gasteiger partial charge >= 0.3 is 6.09 Å². The minimum Gasteiger partial charge on any atom is -0.453 e. The summed E-state index contributed by atoms with van der Waals surface area (Å²) < 4.78 is 20.6. The number of methoxy groups -OCH3 is 1. The summed E-state index contributed by atoms with van der Waals surface area (Å²) in [4.78, 5) is 16.1.